The van der Waals surface area contributed by atoms with E-state index in [-0.39, 0.29) is 12.1 Å². The first-order valence-corrected chi connectivity index (χ1v) is 19.0. The van der Waals surface area contributed by atoms with E-state index in [9.17, 15) is 0 Å². The number of hydrogen-bond donors (Lipinski definition) is 4. The molecule has 7 aromatic rings. The number of hydrogen-bond acceptors (Lipinski definition) is 4. The van der Waals surface area contributed by atoms with Crippen molar-refractivity contribution in [1.29, 1.82) is 0 Å². The van der Waals surface area contributed by atoms with Gasteiger partial charge in [0.1, 0.15) is 0 Å². The van der Waals surface area contributed by atoms with Crippen LogP contribution in [0.5, 0.6) is 0 Å². The number of fused-ring (bicyclic) bond motifs is 1. The molecule has 0 radical (unpaired) electrons. The third kappa shape index (κ3) is 8.00. The Balaban J connectivity index is 1.02. The zero-order chi connectivity index (χ0) is 38.1. The molecule has 0 fully saturated rings. The quantitative estimate of drug-likeness (QED) is 0.0487. The summed E-state index contributed by atoms with van der Waals surface area (Å²) in [7, 11) is 0. The first kappa shape index (κ1) is 35.8. The monoisotopic (exact) mass is 728 g/mol. The summed E-state index contributed by atoms with van der Waals surface area (Å²) in [6.45, 7) is 0. The first-order chi connectivity index (χ1) is 27.7. The summed E-state index contributed by atoms with van der Waals surface area (Å²) >= 11 is 0. The molecule has 0 saturated carbocycles. The number of nitrogens with zero attached hydrogens (tertiary/aromatic N) is 2. The molecular formula is C50H44N6. The molecule has 2 atom stereocenters. The van der Waals surface area contributed by atoms with E-state index in [1.165, 1.54) is 16.3 Å². The van der Waals surface area contributed by atoms with Crippen molar-refractivity contribution in [3.05, 3.63) is 228 Å². The van der Waals surface area contributed by atoms with E-state index < -0.39 is 0 Å². The highest BCUT2D eigenvalue weighted by molar-refractivity contribution is 6.00. The Morgan fingerprint density at radius 3 is 1.45 bits per heavy atom. The third-order valence-corrected chi connectivity index (χ3v) is 10.4. The van der Waals surface area contributed by atoms with Crippen molar-refractivity contribution in [3.8, 4) is 22.3 Å². The van der Waals surface area contributed by atoms with Gasteiger partial charge in [-0.2, -0.15) is 10.2 Å². The maximum Gasteiger partial charge on any atom is 0.153 e. The lowest BCUT2D eigenvalue weighted by Crippen LogP contribution is -2.31. The molecule has 0 aromatic heterocycles. The second kappa shape index (κ2) is 16.9. The molecule has 0 saturated heterocycles. The zero-order valence-electron chi connectivity index (χ0n) is 31.1. The minimum Gasteiger partial charge on any atom is -0.357 e. The number of benzene rings is 7. The van der Waals surface area contributed by atoms with E-state index in [1.54, 1.807) is 0 Å². The number of amidine groups is 2. The van der Waals surface area contributed by atoms with Crippen LogP contribution >= 0.6 is 0 Å². The van der Waals surface area contributed by atoms with Gasteiger partial charge in [-0.15, -0.1) is 0 Å². The van der Waals surface area contributed by atoms with Crippen molar-refractivity contribution in [2.75, 3.05) is 0 Å². The van der Waals surface area contributed by atoms with Gasteiger partial charge in [0.2, 0.25) is 0 Å². The van der Waals surface area contributed by atoms with Gasteiger partial charge in [0.05, 0.1) is 12.1 Å². The van der Waals surface area contributed by atoms with E-state index >= 15 is 0 Å². The Labute approximate surface area is 328 Å². The fraction of sp³-hybridized carbons (Fsp3) is 0.0800. The summed E-state index contributed by atoms with van der Waals surface area (Å²) in [5.74, 6) is 13.2. The van der Waals surface area contributed by atoms with Crippen molar-refractivity contribution < 1.29 is 0 Å². The Hall–Kier alpha value is -7.18. The molecule has 6 N–H and O–H groups in total. The molecule has 274 valence electrons. The Kier molecular flexibility index (Phi) is 10.8. The normalized spacial score (nSPS) is 14.2. The molecule has 6 heteroatoms. The average molecular weight is 729 g/mol. The van der Waals surface area contributed by atoms with Crippen molar-refractivity contribution in [2.24, 2.45) is 21.9 Å². The molecule has 56 heavy (non-hydrogen) atoms. The summed E-state index contributed by atoms with van der Waals surface area (Å²) in [4.78, 5) is 0. The summed E-state index contributed by atoms with van der Waals surface area (Å²) in [6, 6.07) is 61.1. The van der Waals surface area contributed by atoms with Crippen LogP contribution in [0.1, 0.15) is 52.7 Å². The topological polar surface area (TPSA) is 101 Å². The number of nitrogens with two attached hydrogens (primary N) is 2. The molecule has 6 nitrogen and oxygen atoms in total. The van der Waals surface area contributed by atoms with E-state index in [2.05, 4.69) is 173 Å². The fourth-order valence-corrected chi connectivity index (χ4v) is 7.41. The molecule has 1 aliphatic carbocycles. The lowest BCUT2D eigenvalue weighted by Gasteiger charge is -2.24. The second-order valence-electron chi connectivity index (χ2n) is 14.0. The van der Waals surface area contributed by atoms with Crippen LogP contribution in [0.3, 0.4) is 0 Å². The minimum atomic E-state index is -0.141. The molecule has 0 spiro atoms. The van der Waals surface area contributed by atoms with Crippen LogP contribution in [0.4, 0.5) is 0 Å². The van der Waals surface area contributed by atoms with Gasteiger partial charge in [-0.25, -0.2) is 0 Å². The molecule has 0 aliphatic heterocycles. The van der Waals surface area contributed by atoms with Gasteiger partial charge in [0.15, 0.2) is 11.7 Å². The van der Waals surface area contributed by atoms with E-state index in [1.807, 2.05) is 42.5 Å². The molecule has 0 bridgehead atoms. The predicted octanol–water partition coefficient (Wildman–Crippen LogP) is 10.4. The molecule has 7 aromatic carbocycles. The van der Waals surface area contributed by atoms with E-state index in [4.69, 9.17) is 11.7 Å². The number of rotatable bonds is 10. The van der Waals surface area contributed by atoms with E-state index in [0.717, 1.165) is 62.9 Å². The van der Waals surface area contributed by atoms with Crippen LogP contribution in [0.15, 0.2) is 210 Å². The molecule has 2 unspecified atom stereocenters. The smallest absolute Gasteiger partial charge is 0.153 e. The fourth-order valence-electron chi connectivity index (χ4n) is 7.41. The van der Waals surface area contributed by atoms with E-state index in [0.29, 0.717) is 11.7 Å². The lowest BCUT2D eigenvalue weighted by molar-refractivity contribution is 0.746. The molecular weight excluding hydrogens is 685 g/mol. The van der Waals surface area contributed by atoms with Gasteiger partial charge in [0, 0.05) is 11.1 Å². The van der Waals surface area contributed by atoms with Crippen LogP contribution in [0.25, 0.3) is 33.0 Å². The summed E-state index contributed by atoms with van der Waals surface area (Å²) < 4.78 is 0. The highest BCUT2D eigenvalue weighted by atomic mass is 15.2. The highest BCUT2D eigenvalue weighted by Crippen LogP contribution is 2.32. The molecule has 0 amide bonds. The predicted molar refractivity (Wildman–Crippen MR) is 233 cm³/mol. The van der Waals surface area contributed by atoms with Crippen molar-refractivity contribution in [3.63, 3.8) is 0 Å². The van der Waals surface area contributed by atoms with Crippen LogP contribution in [-0.2, 0) is 0 Å². The first-order valence-electron chi connectivity index (χ1n) is 19.0. The third-order valence-electron chi connectivity index (χ3n) is 10.4. The number of hydrazone groups is 2. The largest absolute Gasteiger partial charge is 0.357 e. The lowest BCUT2D eigenvalue weighted by atomic mass is 9.93. The summed E-state index contributed by atoms with van der Waals surface area (Å²) in [5, 5.41) is 17.9. The maximum absolute atomic E-state index is 6.01. The Bertz CT molecular complexity index is 2520. The van der Waals surface area contributed by atoms with Gasteiger partial charge in [-0.1, -0.05) is 182 Å². The number of allylic oxidation sites excluding steroid dienone is 2. The number of nitrogens with one attached hydrogen (secondary N) is 2. The van der Waals surface area contributed by atoms with Crippen molar-refractivity contribution in [2.45, 2.75) is 24.9 Å². The van der Waals surface area contributed by atoms with Gasteiger partial charge in [-0.05, 0) is 80.3 Å². The molecule has 0 heterocycles. The van der Waals surface area contributed by atoms with Crippen LogP contribution < -0.4 is 22.3 Å². The zero-order valence-corrected chi connectivity index (χ0v) is 31.1. The average Bonchev–Trinajstić information content (AvgIpc) is 3.28. The van der Waals surface area contributed by atoms with Gasteiger partial charge < -0.3 is 22.3 Å². The summed E-state index contributed by atoms with van der Waals surface area (Å²) in [6.07, 6.45) is 8.81. The van der Waals surface area contributed by atoms with Gasteiger partial charge in [0.25, 0.3) is 0 Å². The highest BCUT2D eigenvalue weighted by Gasteiger charge is 2.20. The van der Waals surface area contributed by atoms with Crippen molar-refractivity contribution >= 4 is 22.4 Å². The minimum absolute atomic E-state index is 0.0549. The van der Waals surface area contributed by atoms with Gasteiger partial charge in [-0.3, -0.25) is 0 Å². The standard InChI is InChI=1S/C50H44N6/c51-55-49(42-19-11-4-12-20-42)54-48(40-17-9-3-10-18-40)41-27-21-35(22-28-41)44-31-25-37-26-32-45(34-46(37)33-44)36-23-29-43(30-24-36)50(56-52)53-47(38-13-5-1-6-14-38)39-15-7-2-8-16-39/h1,3-7,9-34,47-48H,2,8,51-52H2,(H,53,56)(H,54,55). The SMILES string of the molecule is N/N=C(\NC(C1=CCCC=C1)c1ccccc1)c1ccc(-c2ccc3ccc(-c4ccc(C(N/C(=N\N)c5ccccc5)c5ccccc5)cc4)cc3c2)cc1. The second-order valence-corrected chi connectivity index (χ2v) is 14.0. The van der Waals surface area contributed by atoms with Gasteiger partial charge >= 0.3 is 0 Å². The molecule has 1 aliphatic rings. The van der Waals surface area contributed by atoms with Crippen LogP contribution in [0, 0.1) is 0 Å². The van der Waals surface area contributed by atoms with Crippen LogP contribution in [-0.4, -0.2) is 11.7 Å². The molecule has 8 rings (SSSR count). The van der Waals surface area contributed by atoms with Crippen LogP contribution in [0.2, 0.25) is 0 Å². The maximum atomic E-state index is 6.01. The Morgan fingerprint density at radius 2 is 0.911 bits per heavy atom. The Morgan fingerprint density at radius 1 is 0.446 bits per heavy atom. The van der Waals surface area contributed by atoms with Crippen molar-refractivity contribution in [1.82, 2.24) is 10.6 Å². The summed E-state index contributed by atoms with van der Waals surface area (Å²) in [5.41, 5.74) is 11.0.